The van der Waals surface area contributed by atoms with Crippen molar-refractivity contribution >= 4 is 0 Å². The van der Waals surface area contributed by atoms with Gasteiger partial charge in [0.1, 0.15) is 0 Å². The van der Waals surface area contributed by atoms with Gasteiger partial charge in [-0.1, -0.05) is 36.4 Å². The first-order chi connectivity index (χ1) is 8.21. The third-order valence-corrected chi connectivity index (χ3v) is 2.76. The molecule has 17 heavy (non-hydrogen) atoms. The number of rotatable bonds is 7. The predicted molar refractivity (Wildman–Crippen MR) is 66.5 cm³/mol. The molecule has 94 valence electrons. The fraction of sp³-hybridized carbons (Fsp3) is 0.385. The van der Waals surface area contributed by atoms with Gasteiger partial charge in [0, 0.05) is 0 Å². The van der Waals surface area contributed by atoms with Crippen LogP contribution < -0.4 is 5.32 Å². The van der Waals surface area contributed by atoms with Crippen molar-refractivity contribution < 1.29 is 15.3 Å². The summed E-state index contributed by atoms with van der Waals surface area (Å²) < 4.78 is 0. The molecule has 0 aromatic heterocycles. The standard InChI is InChI=1S/C13H19NO3/c1-2-12(11-6-4-3-5-7-11)14-13(8-15,9-16)10-17/h2-7,12,14-17H,1,8-10H2. The third-order valence-electron chi connectivity index (χ3n) is 2.76. The smallest absolute Gasteiger partial charge is 0.0888 e. The second kappa shape index (κ2) is 6.51. The van der Waals surface area contributed by atoms with E-state index in [1.54, 1.807) is 6.08 Å². The van der Waals surface area contributed by atoms with E-state index in [0.29, 0.717) is 0 Å². The molecular weight excluding hydrogens is 218 g/mol. The summed E-state index contributed by atoms with van der Waals surface area (Å²) in [5, 5.41) is 30.8. The van der Waals surface area contributed by atoms with Crippen LogP contribution in [-0.2, 0) is 0 Å². The van der Waals surface area contributed by atoms with Gasteiger partial charge in [-0.2, -0.15) is 0 Å². The highest BCUT2D eigenvalue weighted by molar-refractivity contribution is 5.23. The number of nitrogens with one attached hydrogen (secondary N) is 1. The van der Waals surface area contributed by atoms with Crippen molar-refractivity contribution in [2.75, 3.05) is 19.8 Å². The van der Waals surface area contributed by atoms with E-state index in [4.69, 9.17) is 0 Å². The van der Waals surface area contributed by atoms with Gasteiger partial charge in [-0.15, -0.1) is 6.58 Å². The molecule has 1 unspecified atom stereocenters. The highest BCUT2D eigenvalue weighted by atomic mass is 16.3. The highest BCUT2D eigenvalue weighted by Crippen LogP contribution is 2.17. The Kier molecular flexibility index (Phi) is 5.31. The van der Waals surface area contributed by atoms with Crippen LogP contribution in [0.2, 0.25) is 0 Å². The van der Waals surface area contributed by atoms with Crippen molar-refractivity contribution in [3.8, 4) is 0 Å². The van der Waals surface area contributed by atoms with Crippen LogP contribution in [0.1, 0.15) is 11.6 Å². The summed E-state index contributed by atoms with van der Waals surface area (Å²) in [7, 11) is 0. The molecule has 0 saturated carbocycles. The lowest BCUT2D eigenvalue weighted by Gasteiger charge is -2.32. The fourth-order valence-electron chi connectivity index (χ4n) is 1.56. The van der Waals surface area contributed by atoms with E-state index in [-0.39, 0.29) is 25.9 Å². The molecule has 0 spiro atoms. The molecule has 1 aromatic rings. The van der Waals surface area contributed by atoms with E-state index in [1.165, 1.54) is 0 Å². The summed E-state index contributed by atoms with van der Waals surface area (Å²) in [6.07, 6.45) is 1.67. The highest BCUT2D eigenvalue weighted by Gasteiger charge is 2.30. The minimum Gasteiger partial charge on any atom is -0.394 e. The van der Waals surface area contributed by atoms with Crippen molar-refractivity contribution in [3.05, 3.63) is 48.6 Å². The lowest BCUT2D eigenvalue weighted by atomic mass is 9.98. The van der Waals surface area contributed by atoms with Gasteiger partial charge in [-0.25, -0.2) is 0 Å². The molecule has 0 saturated heterocycles. The van der Waals surface area contributed by atoms with Crippen molar-refractivity contribution in [2.45, 2.75) is 11.6 Å². The van der Waals surface area contributed by atoms with E-state index in [9.17, 15) is 15.3 Å². The number of hydrogen-bond acceptors (Lipinski definition) is 4. The van der Waals surface area contributed by atoms with Gasteiger partial charge in [0.25, 0.3) is 0 Å². The van der Waals surface area contributed by atoms with Crippen LogP contribution in [-0.4, -0.2) is 40.7 Å². The van der Waals surface area contributed by atoms with Crippen LogP contribution in [0.25, 0.3) is 0 Å². The first-order valence-electron chi connectivity index (χ1n) is 5.49. The number of aliphatic hydroxyl groups is 3. The zero-order valence-electron chi connectivity index (χ0n) is 9.71. The van der Waals surface area contributed by atoms with Gasteiger partial charge in [0.15, 0.2) is 0 Å². The Labute approximate surface area is 101 Å². The van der Waals surface area contributed by atoms with E-state index < -0.39 is 5.54 Å². The molecule has 4 N–H and O–H groups in total. The lowest BCUT2D eigenvalue weighted by molar-refractivity contribution is 0.0377. The molecular formula is C13H19NO3. The molecule has 0 radical (unpaired) electrons. The number of benzene rings is 1. The molecule has 0 bridgehead atoms. The molecule has 0 fully saturated rings. The molecule has 0 aliphatic heterocycles. The average molecular weight is 237 g/mol. The van der Waals surface area contributed by atoms with Gasteiger partial charge in [0.05, 0.1) is 31.4 Å². The van der Waals surface area contributed by atoms with Crippen LogP contribution in [0.15, 0.2) is 43.0 Å². The van der Waals surface area contributed by atoms with Gasteiger partial charge in [-0.3, -0.25) is 5.32 Å². The molecule has 0 aliphatic carbocycles. The van der Waals surface area contributed by atoms with E-state index in [1.807, 2.05) is 30.3 Å². The largest absolute Gasteiger partial charge is 0.394 e. The Morgan fingerprint density at radius 1 is 1.12 bits per heavy atom. The zero-order chi connectivity index (χ0) is 12.7. The fourth-order valence-corrected chi connectivity index (χ4v) is 1.56. The molecule has 1 aromatic carbocycles. The summed E-state index contributed by atoms with van der Waals surface area (Å²) in [5.74, 6) is 0. The Hall–Kier alpha value is -1.20. The molecule has 0 aliphatic rings. The quantitative estimate of drug-likeness (QED) is 0.512. The summed E-state index contributed by atoms with van der Waals surface area (Å²) in [6.45, 7) is 2.67. The second-order valence-corrected chi connectivity index (χ2v) is 4.02. The zero-order valence-corrected chi connectivity index (χ0v) is 9.71. The van der Waals surface area contributed by atoms with Gasteiger partial charge >= 0.3 is 0 Å². The second-order valence-electron chi connectivity index (χ2n) is 4.02. The molecule has 4 nitrogen and oxygen atoms in total. The summed E-state index contributed by atoms with van der Waals surface area (Å²) in [6, 6.07) is 9.29. The number of aliphatic hydroxyl groups excluding tert-OH is 3. The minimum absolute atomic E-state index is 0.234. The Bertz CT molecular complexity index is 328. The third kappa shape index (κ3) is 3.38. The van der Waals surface area contributed by atoms with Gasteiger partial charge in [0.2, 0.25) is 0 Å². The van der Waals surface area contributed by atoms with Crippen molar-refractivity contribution in [1.82, 2.24) is 5.32 Å². The topological polar surface area (TPSA) is 72.7 Å². The van der Waals surface area contributed by atoms with Crippen LogP contribution >= 0.6 is 0 Å². The number of hydrogen-bond donors (Lipinski definition) is 4. The van der Waals surface area contributed by atoms with Crippen molar-refractivity contribution in [3.63, 3.8) is 0 Å². The first kappa shape index (κ1) is 13.9. The SMILES string of the molecule is C=CC(NC(CO)(CO)CO)c1ccccc1. The average Bonchev–Trinajstić information content (AvgIpc) is 2.42. The molecule has 1 atom stereocenters. The minimum atomic E-state index is -1.10. The Morgan fingerprint density at radius 3 is 2.06 bits per heavy atom. The maximum Gasteiger partial charge on any atom is 0.0888 e. The monoisotopic (exact) mass is 237 g/mol. The predicted octanol–water partition coefficient (Wildman–Crippen LogP) is 0.219. The van der Waals surface area contributed by atoms with Crippen LogP contribution in [0, 0.1) is 0 Å². The summed E-state index contributed by atoms with van der Waals surface area (Å²) >= 11 is 0. The van der Waals surface area contributed by atoms with Crippen molar-refractivity contribution in [2.24, 2.45) is 0 Å². The van der Waals surface area contributed by atoms with E-state index in [2.05, 4.69) is 11.9 Å². The lowest BCUT2D eigenvalue weighted by Crippen LogP contribution is -2.55. The van der Waals surface area contributed by atoms with Crippen LogP contribution in [0.4, 0.5) is 0 Å². The van der Waals surface area contributed by atoms with Crippen LogP contribution in [0.3, 0.4) is 0 Å². The summed E-state index contributed by atoms with van der Waals surface area (Å²) in [4.78, 5) is 0. The maximum absolute atomic E-state index is 9.25. The molecule has 0 heterocycles. The molecule has 4 heteroatoms. The summed E-state index contributed by atoms with van der Waals surface area (Å²) in [5.41, 5.74) is -0.142. The first-order valence-corrected chi connectivity index (χ1v) is 5.49. The van der Waals surface area contributed by atoms with Gasteiger partial charge < -0.3 is 15.3 Å². The van der Waals surface area contributed by atoms with Crippen molar-refractivity contribution in [1.29, 1.82) is 0 Å². The maximum atomic E-state index is 9.25. The van der Waals surface area contributed by atoms with E-state index in [0.717, 1.165) is 5.56 Å². The normalized spacial score (nSPS) is 13.4. The molecule has 0 amide bonds. The Balaban J connectivity index is 2.86. The van der Waals surface area contributed by atoms with E-state index >= 15 is 0 Å². The van der Waals surface area contributed by atoms with Crippen LogP contribution in [0.5, 0.6) is 0 Å². The molecule has 1 rings (SSSR count). The Morgan fingerprint density at radius 2 is 1.65 bits per heavy atom. The van der Waals surface area contributed by atoms with Gasteiger partial charge in [-0.05, 0) is 5.56 Å².